The number of carbonyl (C=O) groups is 1. The molecule has 156 valence electrons. The Morgan fingerprint density at radius 1 is 1.17 bits per heavy atom. The van der Waals surface area contributed by atoms with Gasteiger partial charge >= 0.3 is 6.18 Å². The van der Waals surface area contributed by atoms with Gasteiger partial charge in [-0.25, -0.2) is 0 Å². The van der Waals surface area contributed by atoms with E-state index in [0.717, 1.165) is 25.7 Å². The SMILES string of the molecule is CC(C(=O)Nc1ccc(Cl)cc1C(F)(F)F)N1CCN(Cc2ccncc2)CC1. The van der Waals surface area contributed by atoms with Crippen LogP contribution in [-0.4, -0.2) is 52.9 Å². The summed E-state index contributed by atoms with van der Waals surface area (Å²) < 4.78 is 39.7. The average Bonchev–Trinajstić information content (AvgIpc) is 2.69. The van der Waals surface area contributed by atoms with E-state index >= 15 is 0 Å². The smallest absolute Gasteiger partial charge is 0.324 e. The van der Waals surface area contributed by atoms with Crippen LogP contribution in [0.1, 0.15) is 18.1 Å². The van der Waals surface area contributed by atoms with E-state index in [9.17, 15) is 18.0 Å². The number of carbonyl (C=O) groups excluding carboxylic acids is 1. The van der Waals surface area contributed by atoms with E-state index in [1.807, 2.05) is 17.0 Å². The Balaban J connectivity index is 1.58. The molecule has 5 nitrogen and oxygen atoms in total. The van der Waals surface area contributed by atoms with Gasteiger partial charge in [0.1, 0.15) is 0 Å². The maximum Gasteiger partial charge on any atom is 0.418 e. The number of rotatable bonds is 5. The van der Waals surface area contributed by atoms with Crippen LogP contribution < -0.4 is 5.32 Å². The quantitative estimate of drug-likeness (QED) is 0.787. The number of hydrogen-bond donors (Lipinski definition) is 1. The Labute approximate surface area is 172 Å². The zero-order valence-corrected chi connectivity index (χ0v) is 16.7. The summed E-state index contributed by atoms with van der Waals surface area (Å²) in [6.07, 6.45) is -1.09. The average molecular weight is 427 g/mol. The van der Waals surface area contributed by atoms with Crippen molar-refractivity contribution in [1.82, 2.24) is 14.8 Å². The Morgan fingerprint density at radius 3 is 2.45 bits per heavy atom. The summed E-state index contributed by atoms with van der Waals surface area (Å²) >= 11 is 5.69. The van der Waals surface area contributed by atoms with E-state index in [4.69, 9.17) is 11.6 Å². The molecule has 3 rings (SSSR count). The predicted molar refractivity (Wildman–Crippen MR) is 106 cm³/mol. The Kier molecular flexibility index (Phi) is 6.77. The maximum absolute atomic E-state index is 13.2. The van der Waals surface area contributed by atoms with Gasteiger partial charge in [0.25, 0.3) is 0 Å². The van der Waals surface area contributed by atoms with Crippen molar-refractivity contribution in [2.45, 2.75) is 25.7 Å². The van der Waals surface area contributed by atoms with Gasteiger partial charge in [-0.3, -0.25) is 19.6 Å². The first kappa shape index (κ1) is 21.5. The van der Waals surface area contributed by atoms with Crippen molar-refractivity contribution in [3.05, 3.63) is 58.9 Å². The number of halogens is 4. The van der Waals surface area contributed by atoms with Crippen molar-refractivity contribution in [1.29, 1.82) is 0 Å². The topological polar surface area (TPSA) is 48.5 Å². The van der Waals surface area contributed by atoms with Gasteiger partial charge in [0, 0.05) is 50.1 Å². The molecule has 1 aromatic heterocycles. The molecular weight excluding hydrogens is 405 g/mol. The van der Waals surface area contributed by atoms with Gasteiger partial charge in [0.2, 0.25) is 5.91 Å². The lowest BCUT2D eigenvalue weighted by atomic mass is 10.1. The fourth-order valence-corrected chi connectivity index (χ4v) is 3.49. The molecule has 0 aliphatic carbocycles. The van der Waals surface area contributed by atoms with Gasteiger partial charge in [-0.15, -0.1) is 0 Å². The van der Waals surface area contributed by atoms with Crippen LogP contribution in [0.25, 0.3) is 0 Å². The second kappa shape index (κ2) is 9.11. The van der Waals surface area contributed by atoms with Crippen LogP contribution in [0.5, 0.6) is 0 Å². The number of piperazine rings is 1. The lowest BCUT2D eigenvalue weighted by molar-refractivity contribution is -0.137. The van der Waals surface area contributed by atoms with Gasteiger partial charge in [-0.1, -0.05) is 11.6 Å². The molecule has 1 fully saturated rings. The van der Waals surface area contributed by atoms with Crippen LogP contribution in [0.3, 0.4) is 0 Å². The van der Waals surface area contributed by atoms with Crippen molar-refractivity contribution in [2.24, 2.45) is 0 Å². The number of alkyl halides is 3. The first-order chi connectivity index (χ1) is 13.7. The molecule has 1 saturated heterocycles. The summed E-state index contributed by atoms with van der Waals surface area (Å²) in [5.41, 5.74) is -0.0653. The zero-order chi connectivity index (χ0) is 21.0. The summed E-state index contributed by atoms with van der Waals surface area (Å²) in [7, 11) is 0. The molecule has 2 heterocycles. The van der Waals surface area contributed by atoms with E-state index in [0.29, 0.717) is 13.1 Å². The lowest BCUT2D eigenvalue weighted by Crippen LogP contribution is -2.52. The number of nitrogens with zero attached hydrogens (tertiary/aromatic N) is 3. The highest BCUT2D eigenvalue weighted by Crippen LogP contribution is 2.36. The third-order valence-corrected chi connectivity index (χ3v) is 5.27. The normalized spacial score (nSPS) is 17.1. The molecule has 1 aliphatic heterocycles. The van der Waals surface area contributed by atoms with Gasteiger partial charge in [0.15, 0.2) is 0 Å². The lowest BCUT2D eigenvalue weighted by Gasteiger charge is -2.37. The Morgan fingerprint density at radius 2 is 1.83 bits per heavy atom. The largest absolute Gasteiger partial charge is 0.418 e. The molecule has 1 aromatic carbocycles. The predicted octanol–water partition coefficient (Wildman–Crippen LogP) is 3.90. The highest BCUT2D eigenvalue weighted by molar-refractivity contribution is 6.30. The molecule has 1 unspecified atom stereocenters. The Bertz CT molecular complexity index is 839. The number of amides is 1. The number of hydrogen-bond acceptors (Lipinski definition) is 4. The zero-order valence-electron chi connectivity index (χ0n) is 15.9. The highest BCUT2D eigenvalue weighted by Gasteiger charge is 2.35. The van der Waals surface area contributed by atoms with Gasteiger partial charge in [-0.05, 0) is 42.8 Å². The van der Waals surface area contributed by atoms with Crippen LogP contribution in [0.4, 0.5) is 18.9 Å². The minimum atomic E-state index is -4.60. The maximum atomic E-state index is 13.2. The molecule has 1 aliphatic rings. The molecule has 2 aromatic rings. The van der Waals surface area contributed by atoms with Crippen LogP contribution in [0, 0.1) is 0 Å². The minimum absolute atomic E-state index is 0.0336. The fraction of sp³-hybridized carbons (Fsp3) is 0.400. The number of anilines is 1. The minimum Gasteiger partial charge on any atom is -0.324 e. The molecule has 1 atom stereocenters. The van der Waals surface area contributed by atoms with Crippen molar-refractivity contribution in [3.63, 3.8) is 0 Å². The summed E-state index contributed by atoms with van der Waals surface area (Å²) in [6.45, 7) is 5.37. The van der Waals surface area contributed by atoms with Crippen molar-refractivity contribution < 1.29 is 18.0 Å². The third-order valence-electron chi connectivity index (χ3n) is 5.03. The first-order valence-corrected chi connectivity index (χ1v) is 9.65. The summed E-state index contributed by atoms with van der Waals surface area (Å²) in [5.74, 6) is -0.472. The molecule has 1 amide bonds. The van der Waals surface area contributed by atoms with Crippen LogP contribution >= 0.6 is 11.6 Å². The molecule has 29 heavy (non-hydrogen) atoms. The molecule has 0 spiro atoms. The Hall–Kier alpha value is -2.16. The van der Waals surface area contributed by atoms with E-state index < -0.39 is 23.7 Å². The second-order valence-electron chi connectivity index (χ2n) is 7.02. The summed E-state index contributed by atoms with van der Waals surface area (Å²) in [5, 5.41) is 2.38. The number of benzene rings is 1. The first-order valence-electron chi connectivity index (χ1n) is 9.27. The van der Waals surface area contributed by atoms with Gasteiger partial charge in [-0.2, -0.15) is 13.2 Å². The van der Waals surface area contributed by atoms with E-state index in [1.54, 1.807) is 19.3 Å². The number of aromatic nitrogens is 1. The summed E-state index contributed by atoms with van der Waals surface area (Å²) in [6, 6.07) is 6.71. The van der Waals surface area contributed by atoms with E-state index in [-0.39, 0.29) is 10.7 Å². The van der Waals surface area contributed by atoms with Gasteiger partial charge < -0.3 is 5.32 Å². The number of nitrogens with one attached hydrogen (secondary N) is 1. The molecular formula is C20H22ClF3N4O. The van der Waals surface area contributed by atoms with Crippen LogP contribution in [-0.2, 0) is 17.5 Å². The molecule has 9 heteroatoms. The van der Waals surface area contributed by atoms with E-state index in [1.165, 1.54) is 17.7 Å². The standard InChI is InChI=1S/C20H22ClF3N4O/c1-14(19(29)26-18-3-2-16(21)12-17(18)20(22,23)24)28-10-8-27(9-11-28)13-15-4-6-25-7-5-15/h2-7,12,14H,8-11,13H2,1H3,(H,26,29). The molecule has 1 N–H and O–H groups in total. The fourth-order valence-electron chi connectivity index (χ4n) is 3.32. The van der Waals surface area contributed by atoms with Gasteiger partial charge in [0.05, 0.1) is 17.3 Å². The van der Waals surface area contributed by atoms with Crippen molar-refractivity contribution in [2.75, 3.05) is 31.5 Å². The van der Waals surface area contributed by atoms with Crippen molar-refractivity contribution in [3.8, 4) is 0 Å². The van der Waals surface area contributed by atoms with Crippen LogP contribution in [0.2, 0.25) is 5.02 Å². The molecule has 0 saturated carbocycles. The summed E-state index contributed by atoms with van der Waals surface area (Å²) in [4.78, 5) is 20.8. The highest BCUT2D eigenvalue weighted by atomic mass is 35.5. The van der Waals surface area contributed by atoms with Crippen molar-refractivity contribution >= 4 is 23.2 Å². The third kappa shape index (κ3) is 5.68. The monoisotopic (exact) mass is 426 g/mol. The van der Waals surface area contributed by atoms with E-state index in [2.05, 4.69) is 15.2 Å². The van der Waals surface area contributed by atoms with Crippen LogP contribution in [0.15, 0.2) is 42.7 Å². The molecule has 0 radical (unpaired) electrons. The second-order valence-corrected chi connectivity index (χ2v) is 7.46. The number of pyridine rings is 1. The molecule has 0 bridgehead atoms.